The summed E-state index contributed by atoms with van der Waals surface area (Å²) in [5.41, 5.74) is 6.26. The van der Waals surface area contributed by atoms with E-state index in [0.29, 0.717) is 17.3 Å². The van der Waals surface area contributed by atoms with E-state index in [1.807, 2.05) is 0 Å². The van der Waals surface area contributed by atoms with Crippen LogP contribution in [0.2, 0.25) is 5.02 Å². The van der Waals surface area contributed by atoms with Crippen molar-refractivity contribution < 1.29 is 18.8 Å². The van der Waals surface area contributed by atoms with Gasteiger partial charge in [-0.25, -0.2) is 4.39 Å². The van der Waals surface area contributed by atoms with E-state index in [9.17, 15) is 18.8 Å². The van der Waals surface area contributed by atoms with Crippen LogP contribution in [-0.2, 0) is 21.5 Å². The Hall–Kier alpha value is -3.40. The number of hydrogen-bond donors (Lipinski definition) is 2. The Balaban J connectivity index is 1.37. The second kappa shape index (κ2) is 8.37. The van der Waals surface area contributed by atoms with Crippen LogP contribution in [0.25, 0.3) is 10.9 Å². The summed E-state index contributed by atoms with van der Waals surface area (Å²) in [5, 5.41) is 6.55. The van der Waals surface area contributed by atoms with Gasteiger partial charge in [-0.1, -0.05) is 23.7 Å². The number of nitrogens with two attached hydrogens (primary N) is 1. The fraction of sp³-hybridized carbons (Fsp3) is 0.318. The highest BCUT2D eigenvalue weighted by Crippen LogP contribution is 2.48. The van der Waals surface area contributed by atoms with Crippen molar-refractivity contribution >= 4 is 55.9 Å². The van der Waals surface area contributed by atoms with Gasteiger partial charge in [0.05, 0.1) is 16.7 Å². The van der Waals surface area contributed by atoms with Gasteiger partial charge in [0.25, 0.3) is 5.91 Å². The van der Waals surface area contributed by atoms with Crippen molar-refractivity contribution in [2.75, 3.05) is 0 Å². The quantitative estimate of drug-likeness (QED) is 0.448. The van der Waals surface area contributed by atoms with Gasteiger partial charge in [-0.05, 0) is 36.5 Å². The number of benzene rings is 1. The number of amides is 3. The normalized spacial score (nSPS) is 21.1. The third kappa shape index (κ3) is 4.05. The first-order valence-electron chi connectivity index (χ1n) is 11.3. The summed E-state index contributed by atoms with van der Waals surface area (Å²) >= 11 is 5.93. The number of fused-ring (bicyclic) bond motifs is 2. The van der Waals surface area contributed by atoms with Crippen LogP contribution in [0, 0.1) is 11.7 Å². The van der Waals surface area contributed by atoms with Gasteiger partial charge in [0.1, 0.15) is 34.1 Å². The first-order chi connectivity index (χ1) is 16.6. The predicted octanol–water partition coefficient (Wildman–Crippen LogP) is -0.495. The molecule has 1 aliphatic heterocycles. The number of halogens is 2. The number of piperidine rings is 1. The molecule has 0 bridgehead atoms. The van der Waals surface area contributed by atoms with Gasteiger partial charge >= 0.3 is 0 Å². The van der Waals surface area contributed by atoms with E-state index >= 15 is 0 Å². The van der Waals surface area contributed by atoms with E-state index in [0.717, 1.165) is 6.42 Å². The zero-order chi connectivity index (χ0) is 25.1. The molecule has 3 aromatic rings. The maximum absolute atomic E-state index is 14.6. The smallest absolute Gasteiger partial charge is 0.269 e. The molecule has 2 fully saturated rings. The average Bonchev–Trinajstić information content (AvgIpc) is 3.30. The number of rotatable bonds is 6. The van der Waals surface area contributed by atoms with Crippen LogP contribution in [0.15, 0.2) is 36.7 Å². The topological polar surface area (TPSA) is 123 Å². The lowest BCUT2D eigenvalue weighted by Gasteiger charge is -2.33. The van der Waals surface area contributed by atoms with Gasteiger partial charge in [-0.3, -0.25) is 24.0 Å². The largest absolute Gasteiger partial charge is 0.364 e. The summed E-state index contributed by atoms with van der Waals surface area (Å²) in [6.45, 7) is -0.172. The second-order valence-corrected chi connectivity index (χ2v) is 10.0. The summed E-state index contributed by atoms with van der Waals surface area (Å²) in [4.78, 5) is 44.2. The number of aromatic nitrogens is 3. The van der Waals surface area contributed by atoms with Crippen molar-refractivity contribution in [1.29, 1.82) is 0 Å². The maximum Gasteiger partial charge on any atom is 0.269 e. The highest BCUT2D eigenvalue weighted by Gasteiger charge is 2.56. The molecule has 5 rings (SSSR count). The van der Waals surface area contributed by atoms with Gasteiger partial charge < -0.3 is 16.0 Å². The summed E-state index contributed by atoms with van der Waals surface area (Å²) in [7, 11) is 3.38. The van der Waals surface area contributed by atoms with Crippen molar-refractivity contribution in [2.24, 2.45) is 11.7 Å². The number of carbonyl (C=O) groups is 3. The molecule has 1 saturated carbocycles. The van der Waals surface area contributed by atoms with Gasteiger partial charge in [0.2, 0.25) is 11.8 Å². The molecular weight excluding hydrogens is 472 g/mol. The van der Waals surface area contributed by atoms with Crippen LogP contribution < -0.4 is 11.1 Å². The number of likely N-dealkylation sites (tertiary alicyclic amines) is 1. The summed E-state index contributed by atoms with van der Waals surface area (Å²) in [5.74, 6) is -1.71. The molecule has 3 amide bonds. The lowest BCUT2D eigenvalue weighted by Crippen LogP contribution is -2.55. The lowest BCUT2D eigenvalue weighted by molar-refractivity contribution is -0.140. The molecule has 35 heavy (non-hydrogen) atoms. The minimum absolute atomic E-state index is 0.0278. The Kier molecular flexibility index (Phi) is 5.58. The standard InChI is InChI=1S/C22H22B2ClFN6O3/c23-22(24,12-2-1-3-13(25)18(12)26)29-21(35)15-7-10-6-14(10)32(15)17(33)9-31-16-8-28-5-4-11(16)19(30-31)20(27)34/h1-5,8,10,14-15H,6-7,9,23-24H2,(H2,27,34)(H,29,35)/t10-,14-,15+/m1/s1. The molecule has 1 aromatic carbocycles. The van der Waals surface area contributed by atoms with Crippen molar-refractivity contribution in [3.05, 3.63) is 58.8 Å². The van der Waals surface area contributed by atoms with E-state index in [4.69, 9.17) is 17.3 Å². The fourth-order valence-electron chi connectivity index (χ4n) is 5.03. The van der Waals surface area contributed by atoms with Gasteiger partial charge in [0.15, 0.2) is 5.69 Å². The third-order valence-corrected chi connectivity index (χ3v) is 7.12. The van der Waals surface area contributed by atoms with Crippen LogP contribution in [0.3, 0.4) is 0 Å². The van der Waals surface area contributed by atoms with Crippen molar-refractivity contribution in [1.82, 2.24) is 25.0 Å². The van der Waals surface area contributed by atoms with E-state index in [-0.39, 0.29) is 46.6 Å². The molecule has 178 valence electrons. The Morgan fingerprint density at radius 1 is 1.26 bits per heavy atom. The van der Waals surface area contributed by atoms with E-state index in [1.165, 1.54) is 23.1 Å². The van der Waals surface area contributed by atoms with Gasteiger partial charge in [-0.2, -0.15) is 5.10 Å². The van der Waals surface area contributed by atoms with Crippen LogP contribution in [0.4, 0.5) is 4.39 Å². The molecule has 0 radical (unpaired) electrons. The SMILES string of the molecule is BC(B)(NC(=O)[C@@H]1C[C@H]2C[C@H]2N1C(=O)Cn1nc(C(N)=O)c2ccncc21)c1cccc(Cl)c1F. The molecule has 3 N–H and O–H groups in total. The summed E-state index contributed by atoms with van der Waals surface area (Å²) < 4.78 is 16.0. The van der Waals surface area contributed by atoms with E-state index < -0.39 is 23.1 Å². The number of nitrogens with one attached hydrogen (secondary N) is 1. The Morgan fingerprint density at radius 2 is 2.03 bits per heavy atom. The third-order valence-electron chi connectivity index (χ3n) is 6.83. The first kappa shape index (κ1) is 23.3. The molecule has 2 aliphatic rings. The molecule has 9 nitrogen and oxygen atoms in total. The highest BCUT2D eigenvalue weighted by molar-refractivity contribution is 6.41. The first-order valence-corrected chi connectivity index (χ1v) is 11.6. The average molecular weight is 495 g/mol. The maximum atomic E-state index is 14.6. The number of pyridine rings is 1. The van der Waals surface area contributed by atoms with Gasteiger partial charge in [-0.15, -0.1) is 0 Å². The highest BCUT2D eigenvalue weighted by atomic mass is 35.5. The van der Waals surface area contributed by atoms with E-state index in [2.05, 4.69) is 15.4 Å². The van der Waals surface area contributed by atoms with Crippen molar-refractivity contribution in [3.8, 4) is 0 Å². The van der Waals surface area contributed by atoms with Crippen molar-refractivity contribution in [2.45, 2.75) is 36.8 Å². The number of carbonyl (C=O) groups excluding carboxylic acids is 3. The molecule has 1 aliphatic carbocycles. The molecular formula is C22H22B2ClFN6O3. The minimum atomic E-state index is -1.05. The Morgan fingerprint density at radius 3 is 2.77 bits per heavy atom. The molecule has 3 heterocycles. The van der Waals surface area contributed by atoms with Gasteiger partial charge in [0, 0.05) is 23.0 Å². The van der Waals surface area contributed by atoms with Crippen LogP contribution >= 0.6 is 11.6 Å². The zero-order valence-electron chi connectivity index (χ0n) is 19.2. The lowest BCUT2D eigenvalue weighted by atomic mass is 9.58. The molecule has 3 atom stereocenters. The Labute approximate surface area is 207 Å². The number of primary amides is 1. The Bertz CT molecular complexity index is 1380. The molecule has 0 spiro atoms. The second-order valence-electron chi connectivity index (χ2n) is 9.59. The summed E-state index contributed by atoms with van der Waals surface area (Å²) in [6.07, 6.45) is 4.39. The van der Waals surface area contributed by atoms with Crippen LogP contribution in [0.1, 0.15) is 28.9 Å². The molecule has 13 heteroatoms. The predicted molar refractivity (Wildman–Crippen MR) is 132 cm³/mol. The fourth-order valence-corrected chi connectivity index (χ4v) is 5.20. The molecule has 2 aromatic heterocycles. The zero-order valence-corrected chi connectivity index (χ0v) is 19.9. The molecule has 1 saturated heterocycles. The summed E-state index contributed by atoms with van der Waals surface area (Å²) in [6, 6.07) is 5.54. The minimum Gasteiger partial charge on any atom is -0.364 e. The number of nitrogens with zero attached hydrogens (tertiary/aromatic N) is 4. The molecule has 0 unspecified atom stereocenters. The van der Waals surface area contributed by atoms with E-state index in [1.54, 1.807) is 38.8 Å². The number of hydrogen-bond acceptors (Lipinski definition) is 5. The monoisotopic (exact) mass is 494 g/mol. The van der Waals surface area contributed by atoms with Crippen LogP contribution in [0.5, 0.6) is 0 Å². The van der Waals surface area contributed by atoms with Crippen LogP contribution in [-0.4, -0.2) is 65.2 Å². The van der Waals surface area contributed by atoms with Crippen molar-refractivity contribution in [3.63, 3.8) is 0 Å².